The van der Waals surface area contributed by atoms with Crippen molar-refractivity contribution in [2.75, 3.05) is 7.11 Å². The third-order valence-electron chi connectivity index (χ3n) is 3.41. The smallest absolute Gasteiger partial charge is 0.247 e. The first kappa shape index (κ1) is 16.4. The molecule has 0 radical (unpaired) electrons. The molecule has 3 rings (SSSR count). The Bertz CT molecular complexity index is 857. The minimum absolute atomic E-state index is 0.0692. The number of ether oxygens (including phenoxy) is 1. The molecular formula is C18H17N5O2. The molecule has 0 fully saturated rings. The van der Waals surface area contributed by atoms with Crippen LogP contribution in [0.15, 0.2) is 59.7 Å². The van der Waals surface area contributed by atoms with Gasteiger partial charge < -0.3 is 4.74 Å². The number of amides is 1. The van der Waals surface area contributed by atoms with Crippen LogP contribution in [0.1, 0.15) is 11.4 Å². The van der Waals surface area contributed by atoms with Gasteiger partial charge in [0.1, 0.15) is 11.6 Å². The normalized spacial score (nSPS) is 10.8. The molecule has 0 aliphatic heterocycles. The Morgan fingerprint density at radius 3 is 2.68 bits per heavy atom. The first-order valence-electron chi connectivity index (χ1n) is 7.67. The molecule has 2 aromatic carbocycles. The highest BCUT2D eigenvalue weighted by molar-refractivity contribution is 5.83. The minimum atomic E-state index is -0.277. The highest BCUT2D eigenvalue weighted by Crippen LogP contribution is 2.13. The predicted molar refractivity (Wildman–Crippen MR) is 94.3 cm³/mol. The molecule has 0 aliphatic rings. The molecule has 0 unspecified atom stereocenters. The van der Waals surface area contributed by atoms with Gasteiger partial charge in [-0.1, -0.05) is 30.3 Å². The Morgan fingerprint density at radius 2 is 1.96 bits per heavy atom. The van der Waals surface area contributed by atoms with Crippen LogP contribution in [0, 0.1) is 0 Å². The molecule has 0 atom stereocenters. The van der Waals surface area contributed by atoms with E-state index in [2.05, 4.69) is 25.7 Å². The SMILES string of the molecule is COc1ccc(/C=N\NC(=O)Cc2nc(-c3ccccc3)n[nH]2)cc1. The molecule has 7 heteroatoms. The molecule has 2 N–H and O–H groups in total. The van der Waals surface area contributed by atoms with Crippen LogP contribution < -0.4 is 10.2 Å². The van der Waals surface area contributed by atoms with Crippen molar-refractivity contribution in [1.82, 2.24) is 20.6 Å². The number of carbonyl (C=O) groups excluding carboxylic acids is 1. The number of methoxy groups -OCH3 is 1. The average molecular weight is 335 g/mol. The summed E-state index contributed by atoms with van der Waals surface area (Å²) in [6.07, 6.45) is 1.63. The monoisotopic (exact) mass is 335 g/mol. The van der Waals surface area contributed by atoms with E-state index < -0.39 is 0 Å². The van der Waals surface area contributed by atoms with Gasteiger partial charge in [0, 0.05) is 5.56 Å². The van der Waals surface area contributed by atoms with E-state index in [0.29, 0.717) is 11.6 Å². The maximum Gasteiger partial charge on any atom is 0.247 e. The lowest BCUT2D eigenvalue weighted by Gasteiger charge is -1.99. The van der Waals surface area contributed by atoms with E-state index >= 15 is 0 Å². The van der Waals surface area contributed by atoms with E-state index in [1.165, 1.54) is 0 Å². The summed E-state index contributed by atoms with van der Waals surface area (Å²) < 4.78 is 5.08. The van der Waals surface area contributed by atoms with Crippen LogP contribution >= 0.6 is 0 Å². The lowest BCUT2D eigenvalue weighted by Crippen LogP contribution is -2.20. The summed E-state index contributed by atoms with van der Waals surface area (Å²) in [6.45, 7) is 0. The number of H-pyrrole nitrogens is 1. The van der Waals surface area contributed by atoms with E-state index in [9.17, 15) is 4.79 Å². The van der Waals surface area contributed by atoms with E-state index in [4.69, 9.17) is 4.74 Å². The first-order chi connectivity index (χ1) is 12.2. The van der Waals surface area contributed by atoms with Gasteiger partial charge in [0.2, 0.25) is 5.91 Å². The number of rotatable bonds is 6. The van der Waals surface area contributed by atoms with Gasteiger partial charge in [0.25, 0.3) is 0 Å². The zero-order valence-electron chi connectivity index (χ0n) is 13.6. The molecule has 3 aromatic rings. The van der Waals surface area contributed by atoms with Gasteiger partial charge in [0.15, 0.2) is 5.82 Å². The topological polar surface area (TPSA) is 92.3 Å². The minimum Gasteiger partial charge on any atom is -0.497 e. The van der Waals surface area contributed by atoms with Crippen molar-refractivity contribution in [2.24, 2.45) is 5.10 Å². The molecule has 7 nitrogen and oxygen atoms in total. The summed E-state index contributed by atoms with van der Waals surface area (Å²) in [5.74, 6) is 1.53. The van der Waals surface area contributed by atoms with E-state index in [1.807, 2.05) is 54.6 Å². The molecule has 1 aromatic heterocycles. The zero-order valence-corrected chi connectivity index (χ0v) is 13.6. The average Bonchev–Trinajstić information content (AvgIpc) is 3.11. The third kappa shape index (κ3) is 4.51. The molecule has 0 aliphatic carbocycles. The predicted octanol–water partition coefficient (Wildman–Crippen LogP) is 2.17. The van der Waals surface area contributed by atoms with Gasteiger partial charge in [-0.25, -0.2) is 10.4 Å². The van der Waals surface area contributed by atoms with Gasteiger partial charge in [-0.2, -0.15) is 10.2 Å². The molecule has 0 saturated carbocycles. The Hall–Kier alpha value is -3.48. The third-order valence-corrected chi connectivity index (χ3v) is 3.41. The number of aromatic amines is 1. The molecule has 0 spiro atoms. The summed E-state index contributed by atoms with van der Waals surface area (Å²) in [6, 6.07) is 16.9. The van der Waals surface area contributed by atoms with E-state index in [-0.39, 0.29) is 12.3 Å². The molecule has 1 amide bonds. The van der Waals surface area contributed by atoms with Crippen LogP contribution in [0.2, 0.25) is 0 Å². The Morgan fingerprint density at radius 1 is 1.20 bits per heavy atom. The van der Waals surface area contributed by atoms with Gasteiger partial charge in [-0.15, -0.1) is 0 Å². The highest BCUT2D eigenvalue weighted by Gasteiger charge is 2.09. The number of hydrogen-bond acceptors (Lipinski definition) is 5. The fourth-order valence-electron chi connectivity index (χ4n) is 2.15. The fraction of sp³-hybridized carbons (Fsp3) is 0.111. The highest BCUT2D eigenvalue weighted by atomic mass is 16.5. The molecule has 0 saturated heterocycles. The second-order valence-corrected chi connectivity index (χ2v) is 5.21. The summed E-state index contributed by atoms with van der Waals surface area (Å²) >= 11 is 0. The van der Waals surface area contributed by atoms with Gasteiger partial charge in [0.05, 0.1) is 19.7 Å². The molecule has 126 valence electrons. The number of nitrogens with one attached hydrogen (secondary N) is 2. The number of benzene rings is 2. The number of hydrazone groups is 1. The first-order valence-corrected chi connectivity index (χ1v) is 7.67. The van der Waals surface area contributed by atoms with Gasteiger partial charge >= 0.3 is 0 Å². The largest absolute Gasteiger partial charge is 0.497 e. The number of hydrogen-bond donors (Lipinski definition) is 2. The summed E-state index contributed by atoms with van der Waals surface area (Å²) in [5, 5.41) is 10.8. The Kier molecular flexibility index (Phi) is 5.16. The molecule has 1 heterocycles. The van der Waals surface area contributed by atoms with Crippen molar-refractivity contribution >= 4 is 12.1 Å². The van der Waals surface area contributed by atoms with Crippen LogP contribution in [-0.4, -0.2) is 34.4 Å². The summed E-state index contributed by atoms with van der Waals surface area (Å²) in [4.78, 5) is 16.2. The van der Waals surface area contributed by atoms with Crippen LogP contribution in [0.25, 0.3) is 11.4 Å². The van der Waals surface area contributed by atoms with E-state index in [0.717, 1.165) is 16.9 Å². The van der Waals surface area contributed by atoms with Crippen LogP contribution in [-0.2, 0) is 11.2 Å². The van der Waals surface area contributed by atoms with Crippen molar-refractivity contribution in [1.29, 1.82) is 0 Å². The Labute approximate surface area is 144 Å². The number of aromatic nitrogens is 3. The van der Waals surface area contributed by atoms with Crippen LogP contribution in [0.5, 0.6) is 5.75 Å². The molecule has 0 bridgehead atoms. The van der Waals surface area contributed by atoms with Crippen molar-refractivity contribution in [3.05, 3.63) is 66.0 Å². The lowest BCUT2D eigenvalue weighted by atomic mass is 10.2. The van der Waals surface area contributed by atoms with Crippen molar-refractivity contribution in [2.45, 2.75) is 6.42 Å². The maximum absolute atomic E-state index is 11.9. The van der Waals surface area contributed by atoms with Gasteiger partial charge in [-0.3, -0.25) is 9.89 Å². The van der Waals surface area contributed by atoms with Crippen molar-refractivity contribution in [3.8, 4) is 17.1 Å². The summed E-state index contributed by atoms with van der Waals surface area (Å²) in [5.41, 5.74) is 4.21. The maximum atomic E-state index is 11.9. The lowest BCUT2D eigenvalue weighted by molar-refractivity contribution is -0.120. The standard InChI is InChI=1S/C18H17N5O2/c1-25-15-9-7-13(8-10-15)12-19-22-17(24)11-16-20-18(23-21-16)14-5-3-2-4-6-14/h2-10,12H,11H2,1H3,(H,22,24)(H,20,21,23)/b19-12-. The number of carbonyl (C=O) groups is 1. The number of nitrogens with zero attached hydrogens (tertiary/aromatic N) is 3. The van der Waals surface area contributed by atoms with Crippen LogP contribution in [0.4, 0.5) is 0 Å². The van der Waals surface area contributed by atoms with Crippen molar-refractivity contribution < 1.29 is 9.53 Å². The molecule has 25 heavy (non-hydrogen) atoms. The van der Waals surface area contributed by atoms with Crippen LogP contribution in [0.3, 0.4) is 0 Å². The van der Waals surface area contributed by atoms with Crippen molar-refractivity contribution in [3.63, 3.8) is 0 Å². The van der Waals surface area contributed by atoms with E-state index in [1.54, 1.807) is 13.3 Å². The molecular weight excluding hydrogens is 318 g/mol. The fourth-order valence-corrected chi connectivity index (χ4v) is 2.15. The quantitative estimate of drug-likeness (QED) is 0.533. The second-order valence-electron chi connectivity index (χ2n) is 5.21. The Balaban J connectivity index is 1.54. The second kappa shape index (κ2) is 7.87. The van der Waals surface area contributed by atoms with Gasteiger partial charge in [-0.05, 0) is 29.8 Å². The zero-order chi connectivity index (χ0) is 17.5. The summed E-state index contributed by atoms with van der Waals surface area (Å²) in [7, 11) is 1.61.